The van der Waals surface area contributed by atoms with Gasteiger partial charge in [-0.15, -0.1) is 21.5 Å². The van der Waals surface area contributed by atoms with Crippen LogP contribution >= 0.6 is 11.3 Å². The molecule has 5 aromatic rings. The maximum atomic E-state index is 5.08. The van der Waals surface area contributed by atoms with Crippen molar-refractivity contribution in [1.82, 2.24) is 49.3 Å². The topological polar surface area (TPSA) is 108 Å². The van der Waals surface area contributed by atoms with Crippen LogP contribution in [0.3, 0.4) is 0 Å². The second kappa shape index (κ2) is 7.30. The van der Waals surface area contributed by atoms with Crippen LogP contribution in [0, 0.1) is 6.92 Å². The number of aryl methyl sites for hydroxylation is 3. The fraction of sp³-hybridized carbons (Fsp3) is 0.286. The summed E-state index contributed by atoms with van der Waals surface area (Å²) >= 11 is 1.54. The van der Waals surface area contributed by atoms with E-state index in [9.17, 15) is 0 Å². The molecule has 166 valence electrons. The smallest absolute Gasteiger partial charge is 0.165 e. The minimum absolute atomic E-state index is 0.0435. The van der Waals surface area contributed by atoms with Crippen LogP contribution in [0.4, 0.5) is 11.5 Å². The van der Waals surface area contributed by atoms with Crippen molar-refractivity contribution >= 4 is 22.8 Å². The number of hydrogen-bond acceptors (Lipinski definition) is 9. The second-order valence-electron chi connectivity index (χ2n) is 7.91. The summed E-state index contributed by atoms with van der Waals surface area (Å²) in [5.74, 6) is 3.04. The van der Waals surface area contributed by atoms with Gasteiger partial charge in [0.05, 0.1) is 29.7 Å². The van der Waals surface area contributed by atoms with Gasteiger partial charge in [-0.2, -0.15) is 10.2 Å². The first-order valence-corrected chi connectivity index (χ1v) is 11.4. The molecule has 0 aliphatic carbocycles. The van der Waals surface area contributed by atoms with Crippen LogP contribution in [0.2, 0.25) is 0 Å². The predicted octanol–water partition coefficient (Wildman–Crippen LogP) is 3.23. The van der Waals surface area contributed by atoms with Crippen LogP contribution in [0.15, 0.2) is 36.4 Å². The SMILES string of the molecule is CCC1c2nnc(C)n2-c2cnc(-c3cn(C)nc3-c3nccs3)nc2N1c1cnn(C)c1. The van der Waals surface area contributed by atoms with E-state index in [-0.39, 0.29) is 6.04 Å². The molecule has 0 bridgehead atoms. The summed E-state index contributed by atoms with van der Waals surface area (Å²) in [7, 11) is 3.80. The van der Waals surface area contributed by atoms with Gasteiger partial charge < -0.3 is 4.90 Å². The monoisotopic (exact) mass is 459 g/mol. The van der Waals surface area contributed by atoms with Crippen molar-refractivity contribution in [3.8, 4) is 27.8 Å². The quantitative estimate of drug-likeness (QED) is 0.403. The van der Waals surface area contributed by atoms with E-state index in [1.807, 2.05) is 55.8 Å². The van der Waals surface area contributed by atoms with Gasteiger partial charge in [0, 0.05) is 38.1 Å². The van der Waals surface area contributed by atoms with Gasteiger partial charge in [-0.1, -0.05) is 6.92 Å². The van der Waals surface area contributed by atoms with Gasteiger partial charge in [0.25, 0.3) is 0 Å². The lowest BCUT2D eigenvalue weighted by molar-refractivity contribution is 0.587. The summed E-state index contributed by atoms with van der Waals surface area (Å²) in [6.07, 6.45) is 10.2. The van der Waals surface area contributed by atoms with Crippen LogP contribution in [-0.4, -0.2) is 49.3 Å². The van der Waals surface area contributed by atoms with Crippen LogP contribution in [0.25, 0.3) is 27.8 Å². The molecule has 6 heterocycles. The summed E-state index contributed by atoms with van der Waals surface area (Å²) in [6, 6.07) is -0.0435. The van der Waals surface area contributed by atoms with E-state index in [1.165, 1.54) is 0 Å². The highest BCUT2D eigenvalue weighted by molar-refractivity contribution is 7.13. The second-order valence-corrected chi connectivity index (χ2v) is 8.81. The average Bonchev–Trinajstić information content (AvgIpc) is 3.60. The zero-order valence-electron chi connectivity index (χ0n) is 18.6. The van der Waals surface area contributed by atoms with E-state index in [4.69, 9.17) is 9.97 Å². The van der Waals surface area contributed by atoms with E-state index in [0.29, 0.717) is 5.82 Å². The first-order chi connectivity index (χ1) is 16.0. The lowest BCUT2D eigenvalue weighted by Crippen LogP contribution is -2.32. The van der Waals surface area contributed by atoms with Crippen LogP contribution in [0.5, 0.6) is 0 Å². The Bertz CT molecular complexity index is 1460. The summed E-state index contributed by atoms with van der Waals surface area (Å²) in [4.78, 5) is 16.4. The maximum Gasteiger partial charge on any atom is 0.165 e. The number of thiazole rings is 1. The lowest BCUT2D eigenvalue weighted by atomic mass is 10.1. The van der Waals surface area contributed by atoms with Crippen molar-refractivity contribution in [2.45, 2.75) is 26.3 Å². The minimum Gasteiger partial charge on any atom is -0.311 e. The maximum absolute atomic E-state index is 5.08. The molecule has 0 radical (unpaired) electrons. The fourth-order valence-corrected chi connectivity index (χ4v) is 4.97. The molecule has 1 atom stereocenters. The number of fused-ring (bicyclic) bond motifs is 3. The Morgan fingerprint density at radius 1 is 1.06 bits per heavy atom. The third-order valence-electron chi connectivity index (χ3n) is 5.74. The molecule has 1 unspecified atom stereocenters. The van der Waals surface area contributed by atoms with E-state index >= 15 is 0 Å². The molecule has 0 saturated heterocycles. The normalized spacial score (nSPS) is 15.0. The molecule has 12 heteroatoms. The van der Waals surface area contributed by atoms with Gasteiger partial charge in [-0.3, -0.25) is 13.9 Å². The third-order valence-corrected chi connectivity index (χ3v) is 6.52. The molecule has 0 N–H and O–H groups in total. The zero-order chi connectivity index (χ0) is 22.7. The highest BCUT2D eigenvalue weighted by atomic mass is 32.1. The van der Waals surface area contributed by atoms with Gasteiger partial charge in [-0.25, -0.2) is 15.0 Å². The van der Waals surface area contributed by atoms with Crippen LogP contribution in [-0.2, 0) is 14.1 Å². The molecule has 1 aliphatic rings. The molecular weight excluding hydrogens is 438 g/mol. The zero-order valence-corrected chi connectivity index (χ0v) is 19.4. The van der Waals surface area contributed by atoms with Crippen molar-refractivity contribution in [2.75, 3.05) is 4.90 Å². The third kappa shape index (κ3) is 2.98. The molecule has 0 fully saturated rings. The van der Waals surface area contributed by atoms with Crippen molar-refractivity contribution < 1.29 is 0 Å². The van der Waals surface area contributed by atoms with Gasteiger partial charge in [0.1, 0.15) is 22.2 Å². The molecule has 6 rings (SSSR count). The highest BCUT2D eigenvalue weighted by Crippen LogP contribution is 2.44. The van der Waals surface area contributed by atoms with Crippen molar-refractivity contribution in [2.24, 2.45) is 14.1 Å². The number of hydrogen-bond donors (Lipinski definition) is 0. The Kier molecular flexibility index (Phi) is 4.37. The number of nitrogens with zero attached hydrogens (tertiary/aromatic N) is 11. The first kappa shape index (κ1) is 19.7. The van der Waals surface area contributed by atoms with Gasteiger partial charge >= 0.3 is 0 Å². The van der Waals surface area contributed by atoms with E-state index in [0.717, 1.165) is 51.5 Å². The molecule has 1 aliphatic heterocycles. The summed E-state index contributed by atoms with van der Waals surface area (Å²) in [5.41, 5.74) is 3.38. The lowest BCUT2D eigenvalue weighted by Gasteiger charge is -2.36. The van der Waals surface area contributed by atoms with Gasteiger partial charge in [0.2, 0.25) is 0 Å². The Morgan fingerprint density at radius 3 is 2.67 bits per heavy atom. The van der Waals surface area contributed by atoms with Crippen molar-refractivity contribution in [3.63, 3.8) is 0 Å². The van der Waals surface area contributed by atoms with E-state index in [1.54, 1.807) is 26.9 Å². The summed E-state index contributed by atoms with van der Waals surface area (Å²) in [6.45, 7) is 4.08. The fourth-order valence-electron chi connectivity index (χ4n) is 4.34. The Labute approximate surface area is 193 Å². The van der Waals surface area contributed by atoms with E-state index in [2.05, 4.69) is 37.2 Å². The molecule has 5 aromatic heterocycles. The Morgan fingerprint density at radius 2 is 1.94 bits per heavy atom. The predicted molar refractivity (Wildman–Crippen MR) is 123 cm³/mol. The standard InChI is InChI=1S/C21H21N11S/c1-5-15-20-27-26-12(2)31(20)16-9-23-18(25-19(16)32(15)13-8-24-29(3)10-13)14-11-30(4)28-17(14)21-22-6-7-33-21/h6-11,15H,5H2,1-4H3. The molecule has 33 heavy (non-hydrogen) atoms. The molecule has 0 spiro atoms. The largest absolute Gasteiger partial charge is 0.311 e. The first-order valence-electron chi connectivity index (χ1n) is 10.6. The van der Waals surface area contributed by atoms with Crippen LogP contribution < -0.4 is 4.90 Å². The Hall–Kier alpha value is -3.93. The summed E-state index contributed by atoms with van der Waals surface area (Å²) < 4.78 is 5.60. The highest BCUT2D eigenvalue weighted by Gasteiger charge is 2.36. The number of aromatic nitrogens is 10. The molecule has 0 amide bonds. The minimum atomic E-state index is -0.0435. The molecule has 0 aromatic carbocycles. The van der Waals surface area contributed by atoms with Crippen molar-refractivity contribution in [3.05, 3.63) is 48.0 Å². The van der Waals surface area contributed by atoms with E-state index < -0.39 is 0 Å². The van der Waals surface area contributed by atoms with Crippen LogP contribution in [0.1, 0.15) is 31.0 Å². The number of rotatable bonds is 4. The number of anilines is 2. The molecule has 0 saturated carbocycles. The average molecular weight is 460 g/mol. The van der Waals surface area contributed by atoms with Gasteiger partial charge in [-0.05, 0) is 13.3 Å². The summed E-state index contributed by atoms with van der Waals surface area (Å²) in [5, 5.41) is 20.6. The van der Waals surface area contributed by atoms with Crippen molar-refractivity contribution in [1.29, 1.82) is 0 Å². The Balaban J connectivity index is 1.59. The van der Waals surface area contributed by atoms with Gasteiger partial charge in [0.15, 0.2) is 17.5 Å². The molecule has 11 nitrogen and oxygen atoms in total. The molecular formula is C21H21N11S.